The first-order valence-electron chi connectivity index (χ1n) is 8.49. The van der Waals surface area contributed by atoms with E-state index in [4.69, 9.17) is 10.5 Å². The van der Waals surface area contributed by atoms with Crippen LogP contribution in [0, 0.1) is 17.3 Å². The van der Waals surface area contributed by atoms with Crippen LogP contribution in [0.4, 0.5) is 0 Å². The molecule has 6 heteroatoms. The van der Waals surface area contributed by atoms with Crippen molar-refractivity contribution in [3.8, 4) is 0 Å². The van der Waals surface area contributed by atoms with Crippen LogP contribution in [-0.2, 0) is 14.3 Å². The zero-order valence-electron chi connectivity index (χ0n) is 16.1. The predicted octanol–water partition coefficient (Wildman–Crippen LogP) is 2.53. The fourth-order valence-corrected chi connectivity index (χ4v) is 2.73. The van der Waals surface area contributed by atoms with Crippen LogP contribution >= 0.6 is 0 Å². The van der Waals surface area contributed by atoms with Crippen LogP contribution in [0.3, 0.4) is 0 Å². The standard InChI is InChI=1S/C18H34N2O4/c1-8-18(6,10-19)11(2)9-15(16(21)22)14(5)20-13(4)12(3)17(23)24-7/h11,14-15,20H,8-10,19H2,1-7H3,(H,21,22)/b13-12+/t11-,14?,15+,18?/m0/s1. The number of methoxy groups -OCH3 is 1. The van der Waals surface area contributed by atoms with Crippen molar-refractivity contribution < 1.29 is 19.4 Å². The first kappa shape index (κ1) is 22.4. The smallest absolute Gasteiger partial charge is 0.335 e. The Bertz CT molecular complexity index is 470. The lowest BCUT2D eigenvalue weighted by atomic mass is 9.71. The van der Waals surface area contributed by atoms with Crippen LogP contribution in [-0.4, -0.2) is 36.7 Å². The van der Waals surface area contributed by atoms with Crippen molar-refractivity contribution >= 4 is 11.9 Å². The molecule has 0 amide bonds. The van der Waals surface area contributed by atoms with Crippen molar-refractivity contribution in [2.75, 3.05) is 13.7 Å². The van der Waals surface area contributed by atoms with E-state index in [-0.39, 0.29) is 17.4 Å². The summed E-state index contributed by atoms with van der Waals surface area (Å²) in [5.74, 6) is -1.67. The van der Waals surface area contributed by atoms with Gasteiger partial charge in [0.1, 0.15) is 0 Å². The van der Waals surface area contributed by atoms with Gasteiger partial charge in [0.15, 0.2) is 0 Å². The summed E-state index contributed by atoms with van der Waals surface area (Å²) in [5, 5.41) is 12.8. The summed E-state index contributed by atoms with van der Waals surface area (Å²) in [7, 11) is 1.32. The number of carboxylic acid groups (broad SMARTS) is 1. The fourth-order valence-electron chi connectivity index (χ4n) is 2.73. The van der Waals surface area contributed by atoms with Crippen LogP contribution in [0.5, 0.6) is 0 Å². The Hall–Kier alpha value is -1.56. The molecule has 0 aliphatic heterocycles. The minimum Gasteiger partial charge on any atom is -0.481 e. The van der Waals surface area contributed by atoms with E-state index >= 15 is 0 Å². The third-order valence-electron chi connectivity index (χ3n) is 5.49. The maximum atomic E-state index is 11.7. The van der Waals surface area contributed by atoms with Crippen LogP contribution in [0.25, 0.3) is 0 Å². The van der Waals surface area contributed by atoms with E-state index in [1.165, 1.54) is 7.11 Å². The van der Waals surface area contributed by atoms with Gasteiger partial charge < -0.3 is 20.9 Å². The number of nitrogens with one attached hydrogen (secondary N) is 1. The summed E-state index contributed by atoms with van der Waals surface area (Å²) in [6, 6.07) is -0.316. The van der Waals surface area contributed by atoms with E-state index in [1.807, 2.05) is 6.92 Å². The van der Waals surface area contributed by atoms with Gasteiger partial charge in [-0.05, 0) is 51.5 Å². The minimum atomic E-state index is -0.846. The van der Waals surface area contributed by atoms with Gasteiger partial charge in [0.25, 0.3) is 0 Å². The number of rotatable bonds is 10. The Kier molecular flexibility index (Phi) is 9.04. The predicted molar refractivity (Wildman–Crippen MR) is 95.3 cm³/mol. The second-order valence-electron chi connectivity index (χ2n) is 6.97. The molecular weight excluding hydrogens is 308 g/mol. The molecule has 24 heavy (non-hydrogen) atoms. The van der Waals surface area contributed by atoms with Gasteiger partial charge in [-0.1, -0.05) is 20.8 Å². The maximum Gasteiger partial charge on any atom is 0.335 e. The second kappa shape index (κ2) is 9.67. The van der Waals surface area contributed by atoms with Crippen molar-refractivity contribution in [1.82, 2.24) is 5.32 Å². The van der Waals surface area contributed by atoms with E-state index in [0.717, 1.165) is 6.42 Å². The molecule has 2 unspecified atom stereocenters. The number of hydrogen-bond acceptors (Lipinski definition) is 5. The number of hydrogen-bond donors (Lipinski definition) is 3. The number of ether oxygens (including phenoxy) is 1. The molecule has 0 bridgehead atoms. The minimum absolute atomic E-state index is 0.0831. The van der Waals surface area contributed by atoms with Crippen LogP contribution in [0.15, 0.2) is 11.3 Å². The summed E-state index contributed by atoms with van der Waals surface area (Å²) < 4.78 is 4.69. The first-order chi connectivity index (χ1) is 11.0. The van der Waals surface area contributed by atoms with Crippen molar-refractivity contribution in [3.63, 3.8) is 0 Å². The summed E-state index contributed by atoms with van der Waals surface area (Å²) in [5.41, 5.74) is 6.89. The molecule has 0 saturated heterocycles. The Labute approximate surface area is 145 Å². The Morgan fingerprint density at radius 2 is 1.83 bits per heavy atom. The Morgan fingerprint density at radius 1 is 1.29 bits per heavy atom. The van der Waals surface area contributed by atoms with E-state index in [0.29, 0.717) is 24.2 Å². The molecule has 140 valence electrons. The van der Waals surface area contributed by atoms with Gasteiger partial charge >= 0.3 is 11.9 Å². The fraction of sp³-hybridized carbons (Fsp3) is 0.778. The topological polar surface area (TPSA) is 102 Å². The number of carbonyl (C=O) groups is 2. The highest BCUT2D eigenvalue weighted by molar-refractivity contribution is 5.88. The molecule has 0 radical (unpaired) electrons. The van der Waals surface area contributed by atoms with Gasteiger partial charge in [-0.15, -0.1) is 0 Å². The number of esters is 1. The summed E-state index contributed by atoms with van der Waals surface area (Å²) in [6.07, 6.45) is 1.43. The number of carboxylic acids is 1. The van der Waals surface area contributed by atoms with Crippen LogP contribution in [0.2, 0.25) is 0 Å². The molecule has 0 aromatic heterocycles. The molecule has 0 aromatic carbocycles. The van der Waals surface area contributed by atoms with Crippen molar-refractivity contribution in [3.05, 3.63) is 11.3 Å². The average molecular weight is 342 g/mol. The molecule has 0 saturated carbocycles. The van der Waals surface area contributed by atoms with Crippen molar-refractivity contribution in [1.29, 1.82) is 0 Å². The molecule has 0 fully saturated rings. The molecule has 0 spiro atoms. The summed E-state index contributed by atoms with van der Waals surface area (Å²) in [6.45, 7) is 12.0. The lowest BCUT2D eigenvalue weighted by Gasteiger charge is -2.36. The molecule has 6 nitrogen and oxygen atoms in total. The molecule has 0 aromatic rings. The zero-order chi connectivity index (χ0) is 19.1. The largest absolute Gasteiger partial charge is 0.481 e. The molecule has 0 heterocycles. The van der Waals surface area contributed by atoms with Crippen LogP contribution < -0.4 is 11.1 Å². The van der Waals surface area contributed by atoms with Crippen molar-refractivity contribution in [2.45, 2.75) is 60.4 Å². The number of aliphatic carboxylic acids is 1. The highest BCUT2D eigenvalue weighted by Gasteiger charge is 2.34. The van der Waals surface area contributed by atoms with Gasteiger partial charge in [0, 0.05) is 11.7 Å². The van der Waals surface area contributed by atoms with Crippen LogP contribution in [0.1, 0.15) is 54.4 Å². The Balaban J connectivity index is 5.20. The zero-order valence-corrected chi connectivity index (χ0v) is 16.1. The van der Waals surface area contributed by atoms with E-state index < -0.39 is 17.9 Å². The average Bonchev–Trinajstić information content (AvgIpc) is 2.56. The second-order valence-corrected chi connectivity index (χ2v) is 6.97. The van der Waals surface area contributed by atoms with Gasteiger partial charge in [-0.25, -0.2) is 4.79 Å². The van der Waals surface area contributed by atoms with E-state index in [1.54, 1.807) is 13.8 Å². The maximum absolute atomic E-state index is 11.7. The quantitative estimate of drug-likeness (QED) is 0.416. The molecular formula is C18H34N2O4. The van der Waals surface area contributed by atoms with Gasteiger partial charge in [-0.3, -0.25) is 4.79 Å². The van der Waals surface area contributed by atoms with E-state index in [2.05, 4.69) is 26.1 Å². The highest BCUT2D eigenvalue weighted by atomic mass is 16.5. The van der Waals surface area contributed by atoms with Gasteiger partial charge in [-0.2, -0.15) is 0 Å². The molecule has 4 atom stereocenters. The van der Waals surface area contributed by atoms with Crippen molar-refractivity contribution in [2.24, 2.45) is 23.0 Å². The van der Waals surface area contributed by atoms with E-state index in [9.17, 15) is 14.7 Å². The third-order valence-corrected chi connectivity index (χ3v) is 5.49. The Morgan fingerprint density at radius 3 is 2.21 bits per heavy atom. The SMILES string of the molecule is CCC(C)(CN)[C@@H](C)C[C@@H](C(=O)O)C(C)N/C(C)=C(\C)C(=O)OC. The molecule has 0 aliphatic carbocycles. The first-order valence-corrected chi connectivity index (χ1v) is 8.49. The number of nitrogens with two attached hydrogens (primary N) is 1. The van der Waals surface area contributed by atoms with Gasteiger partial charge in [0.2, 0.25) is 0 Å². The molecule has 4 N–H and O–H groups in total. The highest BCUT2D eigenvalue weighted by Crippen LogP contribution is 2.35. The third kappa shape index (κ3) is 5.82. The summed E-state index contributed by atoms with van der Waals surface area (Å²) in [4.78, 5) is 23.3. The number of allylic oxidation sites excluding steroid dienone is 1. The summed E-state index contributed by atoms with van der Waals surface area (Å²) >= 11 is 0. The normalized spacial score (nSPS) is 18.7. The molecule has 0 rings (SSSR count). The lowest BCUT2D eigenvalue weighted by Crippen LogP contribution is -2.41. The monoisotopic (exact) mass is 342 g/mol. The molecule has 0 aliphatic rings. The number of carbonyl (C=O) groups excluding carboxylic acids is 1. The van der Waals surface area contributed by atoms with Gasteiger partial charge in [0.05, 0.1) is 18.6 Å². The lowest BCUT2D eigenvalue weighted by molar-refractivity contribution is -0.143.